The first-order valence-electron chi connectivity index (χ1n) is 7.54. The predicted octanol–water partition coefficient (Wildman–Crippen LogP) is 3.09. The van der Waals surface area contributed by atoms with Crippen LogP contribution in [0.4, 0.5) is 13.2 Å². The van der Waals surface area contributed by atoms with Crippen LogP contribution in [-0.4, -0.2) is 15.4 Å². The van der Waals surface area contributed by atoms with E-state index in [0.29, 0.717) is 17.7 Å². The standard InChI is InChI=1S/C17H15F3N4O/c1-16(2)7-10-11(8-21)15(22)24(23-13(10)9-25-16)14-6-4-3-5-12(14)17(18,19)20/h3-6,22H,7,9H2,1-2H3. The Balaban J connectivity index is 2.29. The maximum Gasteiger partial charge on any atom is 0.418 e. The molecule has 1 aromatic heterocycles. The monoisotopic (exact) mass is 348 g/mol. The van der Waals surface area contributed by atoms with E-state index in [-0.39, 0.29) is 23.3 Å². The minimum Gasteiger partial charge on any atom is -0.369 e. The fourth-order valence-corrected chi connectivity index (χ4v) is 2.86. The molecule has 1 aromatic carbocycles. The second kappa shape index (κ2) is 5.70. The molecule has 0 saturated carbocycles. The predicted molar refractivity (Wildman–Crippen MR) is 81.7 cm³/mol. The van der Waals surface area contributed by atoms with Crippen molar-refractivity contribution in [1.29, 1.82) is 10.7 Å². The van der Waals surface area contributed by atoms with Crippen molar-refractivity contribution in [3.8, 4) is 11.8 Å². The van der Waals surface area contributed by atoms with Crippen LogP contribution < -0.4 is 5.49 Å². The maximum atomic E-state index is 13.3. The highest BCUT2D eigenvalue weighted by Crippen LogP contribution is 2.34. The second-order valence-electron chi connectivity index (χ2n) is 6.41. The maximum absolute atomic E-state index is 13.3. The lowest BCUT2D eigenvalue weighted by Crippen LogP contribution is -2.37. The molecule has 5 nitrogen and oxygen atoms in total. The van der Waals surface area contributed by atoms with Crippen LogP contribution in [0.1, 0.15) is 36.2 Å². The van der Waals surface area contributed by atoms with E-state index in [0.717, 1.165) is 10.7 Å². The van der Waals surface area contributed by atoms with Gasteiger partial charge in [-0.25, -0.2) is 4.68 Å². The molecule has 1 N–H and O–H groups in total. The number of para-hydroxylation sites is 1. The topological polar surface area (TPSA) is 74.7 Å². The Morgan fingerprint density at radius 1 is 1.32 bits per heavy atom. The minimum atomic E-state index is -4.60. The lowest BCUT2D eigenvalue weighted by atomic mass is 9.92. The Kier molecular flexibility index (Phi) is 3.92. The zero-order chi connectivity index (χ0) is 18.4. The number of rotatable bonds is 1. The number of hydrogen-bond acceptors (Lipinski definition) is 4. The van der Waals surface area contributed by atoms with Gasteiger partial charge in [-0.3, -0.25) is 5.41 Å². The van der Waals surface area contributed by atoms with E-state index in [2.05, 4.69) is 5.10 Å². The van der Waals surface area contributed by atoms with Crippen molar-refractivity contribution in [2.24, 2.45) is 0 Å². The molecule has 0 atom stereocenters. The fraction of sp³-hybridized carbons (Fsp3) is 0.353. The van der Waals surface area contributed by atoms with Crippen molar-refractivity contribution >= 4 is 0 Å². The molecule has 3 rings (SSSR count). The first kappa shape index (κ1) is 17.2. The Morgan fingerprint density at radius 3 is 2.64 bits per heavy atom. The molecule has 0 spiro atoms. The molecule has 8 heteroatoms. The average Bonchev–Trinajstić information content (AvgIpc) is 2.53. The summed E-state index contributed by atoms with van der Waals surface area (Å²) in [6.45, 7) is 3.77. The van der Waals surface area contributed by atoms with Crippen LogP contribution in [0.2, 0.25) is 0 Å². The summed E-state index contributed by atoms with van der Waals surface area (Å²) in [5, 5.41) is 21.9. The molecular formula is C17H15F3N4O. The molecule has 0 unspecified atom stereocenters. The van der Waals surface area contributed by atoms with Gasteiger partial charge >= 0.3 is 6.18 Å². The highest BCUT2D eigenvalue weighted by atomic mass is 19.4. The normalized spacial score (nSPS) is 16.2. The Morgan fingerprint density at radius 2 is 2.00 bits per heavy atom. The summed E-state index contributed by atoms with van der Waals surface area (Å²) >= 11 is 0. The zero-order valence-electron chi connectivity index (χ0n) is 13.6. The van der Waals surface area contributed by atoms with Crippen LogP contribution in [0.15, 0.2) is 24.3 Å². The number of hydrogen-bond donors (Lipinski definition) is 1. The molecule has 0 radical (unpaired) electrons. The lowest BCUT2D eigenvalue weighted by Gasteiger charge is -2.32. The number of halogens is 3. The third-order valence-electron chi connectivity index (χ3n) is 4.07. The quantitative estimate of drug-likeness (QED) is 0.860. The summed E-state index contributed by atoms with van der Waals surface area (Å²) in [5.74, 6) is 0. The largest absolute Gasteiger partial charge is 0.418 e. The fourth-order valence-electron chi connectivity index (χ4n) is 2.86. The molecular weight excluding hydrogens is 333 g/mol. The number of ether oxygens (including phenoxy) is 1. The van der Waals surface area contributed by atoms with E-state index in [1.54, 1.807) is 0 Å². The summed E-state index contributed by atoms with van der Waals surface area (Å²) in [7, 11) is 0. The number of fused-ring (bicyclic) bond motifs is 1. The van der Waals surface area contributed by atoms with Crippen LogP contribution >= 0.6 is 0 Å². The molecule has 25 heavy (non-hydrogen) atoms. The second-order valence-corrected chi connectivity index (χ2v) is 6.41. The molecule has 0 bridgehead atoms. The van der Waals surface area contributed by atoms with Gasteiger partial charge in [-0.1, -0.05) is 12.1 Å². The number of nitrogens with one attached hydrogen (secondary N) is 1. The molecule has 0 aliphatic carbocycles. The van der Waals surface area contributed by atoms with Crippen molar-refractivity contribution in [3.63, 3.8) is 0 Å². The Labute approximate surface area is 141 Å². The zero-order valence-corrected chi connectivity index (χ0v) is 13.6. The van der Waals surface area contributed by atoms with E-state index in [4.69, 9.17) is 10.1 Å². The van der Waals surface area contributed by atoms with Gasteiger partial charge in [0, 0.05) is 12.0 Å². The van der Waals surface area contributed by atoms with Gasteiger partial charge in [0.2, 0.25) is 0 Å². The van der Waals surface area contributed by atoms with Gasteiger partial charge in [0.25, 0.3) is 0 Å². The summed E-state index contributed by atoms with van der Waals surface area (Å²) in [6.07, 6.45) is -4.23. The van der Waals surface area contributed by atoms with Crippen molar-refractivity contribution in [2.45, 2.75) is 38.7 Å². The van der Waals surface area contributed by atoms with E-state index in [1.165, 1.54) is 18.2 Å². The van der Waals surface area contributed by atoms with Gasteiger partial charge in [-0.15, -0.1) is 0 Å². The van der Waals surface area contributed by atoms with Crippen LogP contribution in [0, 0.1) is 16.7 Å². The smallest absolute Gasteiger partial charge is 0.369 e. The van der Waals surface area contributed by atoms with Crippen molar-refractivity contribution in [2.75, 3.05) is 0 Å². The molecule has 0 saturated heterocycles. The van der Waals surface area contributed by atoms with Crippen LogP contribution in [-0.2, 0) is 23.9 Å². The van der Waals surface area contributed by atoms with E-state index in [9.17, 15) is 18.4 Å². The third kappa shape index (κ3) is 3.03. The Hall–Kier alpha value is -2.66. The average molecular weight is 348 g/mol. The van der Waals surface area contributed by atoms with Crippen molar-refractivity contribution in [3.05, 3.63) is 52.1 Å². The van der Waals surface area contributed by atoms with Crippen molar-refractivity contribution < 1.29 is 17.9 Å². The molecule has 2 heterocycles. The third-order valence-corrected chi connectivity index (χ3v) is 4.07. The molecule has 0 fully saturated rings. The molecule has 2 aromatic rings. The molecule has 1 aliphatic heterocycles. The summed E-state index contributed by atoms with van der Waals surface area (Å²) in [4.78, 5) is 0. The van der Waals surface area contributed by atoms with E-state index >= 15 is 0 Å². The highest BCUT2D eigenvalue weighted by molar-refractivity contribution is 5.46. The van der Waals surface area contributed by atoms with Gasteiger partial charge < -0.3 is 4.74 Å². The number of benzene rings is 1. The summed E-state index contributed by atoms with van der Waals surface area (Å²) in [5.41, 5.74) is -1.13. The van der Waals surface area contributed by atoms with Crippen LogP contribution in [0.5, 0.6) is 0 Å². The number of alkyl halides is 3. The van der Waals surface area contributed by atoms with Crippen LogP contribution in [0.25, 0.3) is 5.69 Å². The van der Waals surface area contributed by atoms with Gasteiger partial charge in [0.05, 0.1) is 29.2 Å². The van der Waals surface area contributed by atoms with Crippen molar-refractivity contribution in [1.82, 2.24) is 9.78 Å². The molecule has 1 aliphatic rings. The first-order valence-corrected chi connectivity index (χ1v) is 7.54. The first-order chi connectivity index (χ1) is 11.6. The van der Waals surface area contributed by atoms with Gasteiger partial charge in [-0.05, 0) is 26.0 Å². The SMILES string of the molecule is CC1(C)Cc2c(nn(-c3ccccc3C(F)(F)F)c(=N)c2C#N)CO1. The highest BCUT2D eigenvalue weighted by Gasteiger charge is 2.35. The van der Waals surface area contributed by atoms with Gasteiger partial charge in [-0.2, -0.15) is 23.5 Å². The number of nitriles is 1. The lowest BCUT2D eigenvalue weighted by molar-refractivity contribution is -0.137. The van der Waals surface area contributed by atoms with Gasteiger partial charge in [0.1, 0.15) is 11.6 Å². The minimum absolute atomic E-state index is 0.0263. The Bertz CT molecular complexity index is 938. The molecule has 130 valence electrons. The van der Waals surface area contributed by atoms with E-state index < -0.39 is 17.3 Å². The van der Waals surface area contributed by atoms with Gasteiger partial charge in [0.15, 0.2) is 5.49 Å². The summed E-state index contributed by atoms with van der Waals surface area (Å²) in [6, 6.07) is 6.80. The van der Waals surface area contributed by atoms with Crippen LogP contribution in [0.3, 0.4) is 0 Å². The number of aromatic nitrogens is 2. The molecule has 0 amide bonds. The number of nitrogens with zero attached hydrogens (tertiary/aromatic N) is 3. The van der Waals surface area contributed by atoms with E-state index in [1.807, 2.05) is 19.9 Å². The summed E-state index contributed by atoms with van der Waals surface area (Å²) < 4.78 is 46.4.